The van der Waals surface area contributed by atoms with Crippen LogP contribution < -0.4 is 0 Å². The van der Waals surface area contributed by atoms with Crippen molar-refractivity contribution in [1.82, 2.24) is 4.98 Å². The number of aryl methyl sites for hydroxylation is 1. The molecule has 1 radical (unpaired) electrons. The molecule has 0 aliphatic rings. The summed E-state index contributed by atoms with van der Waals surface area (Å²) >= 11 is 0. The molecule has 1 aromatic heterocycles. The van der Waals surface area contributed by atoms with Gasteiger partial charge >= 0.3 is 6.18 Å². The maximum Gasteiger partial charge on any atom is 0.433 e. The van der Waals surface area contributed by atoms with E-state index < -0.39 is 11.9 Å². The summed E-state index contributed by atoms with van der Waals surface area (Å²) in [4.78, 5) is 3.13. The maximum absolute atomic E-state index is 11.9. The van der Waals surface area contributed by atoms with E-state index in [1.165, 1.54) is 6.92 Å². The molecule has 59 valence electrons. The van der Waals surface area contributed by atoms with E-state index in [9.17, 15) is 13.2 Å². The number of rotatable bonds is 0. The van der Waals surface area contributed by atoms with E-state index >= 15 is 0 Å². The number of pyridine rings is 1. The molecular weight excluding hydrogens is 155 g/mol. The third-order valence-electron chi connectivity index (χ3n) is 1.14. The van der Waals surface area contributed by atoms with Crippen molar-refractivity contribution < 1.29 is 13.2 Å². The Bertz CT molecular complexity index is 254. The van der Waals surface area contributed by atoms with Gasteiger partial charge in [0.1, 0.15) is 5.69 Å². The topological polar surface area (TPSA) is 12.9 Å². The van der Waals surface area contributed by atoms with Crippen LogP contribution in [-0.2, 0) is 6.18 Å². The highest BCUT2D eigenvalue weighted by Gasteiger charge is 2.32. The van der Waals surface area contributed by atoms with Crippen LogP contribution in [-0.4, -0.2) is 4.98 Å². The highest BCUT2D eigenvalue weighted by atomic mass is 19.4. The first-order valence-corrected chi connectivity index (χ1v) is 2.91. The predicted molar refractivity (Wildman–Crippen MR) is 32.8 cm³/mol. The van der Waals surface area contributed by atoms with Gasteiger partial charge in [0.05, 0.1) is 0 Å². The molecule has 0 saturated carbocycles. The van der Waals surface area contributed by atoms with Crippen LogP contribution in [0.2, 0.25) is 0 Å². The molecule has 4 heteroatoms. The van der Waals surface area contributed by atoms with Gasteiger partial charge in [-0.2, -0.15) is 13.2 Å². The van der Waals surface area contributed by atoms with Crippen molar-refractivity contribution in [2.45, 2.75) is 13.1 Å². The Labute approximate surface area is 61.9 Å². The van der Waals surface area contributed by atoms with Crippen LogP contribution in [0, 0.1) is 13.0 Å². The van der Waals surface area contributed by atoms with E-state index in [0.29, 0.717) is 5.56 Å². The summed E-state index contributed by atoms with van der Waals surface area (Å²) in [7, 11) is 0. The summed E-state index contributed by atoms with van der Waals surface area (Å²) < 4.78 is 35.7. The molecule has 1 aromatic rings. The molecule has 0 aliphatic heterocycles. The SMILES string of the molecule is Cc1[c]cnc(C(F)(F)F)c1. The van der Waals surface area contributed by atoms with Gasteiger partial charge in [-0.15, -0.1) is 0 Å². The highest BCUT2D eigenvalue weighted by molar-refractivity contribution is 5.15. The lowest BCUT2D eigenvalue weighted by atomic mass is 10.2. The van der Waals surface area contributed by atoms with E-state index in [0.717, 1.165) is 12.3 Å². The van der Waals surface area contributed by atoms with Crippen molar-refractivity contribution in [3.63, 3.8) is 0 Å². The Morgan fingerprint density at radius 1 is 1.45 bits per heavy atom. The molecule has 1 rings (SSSR count). The summed E-state index contributed by atoms with van der Waals surface area (Å²) in [5, 5.41) is 0. The first-order chi connectivity index (χ1) is 5.00. The molecule has 0 atom stereocenters. The van der Waals surface area contributed by atoms with Gasteiger partial charge in [-0.05, 0) is 18.6 Å². The van der Waals surface area contributed by atoms with Crippen LogP contribution in [0.3, 0.4) is 0 Å². The largest absolute Gasteiger partial charge is 0.433 e. The fourth-order valence-corrected chi connectivity index (χ4v) is 0.643. The van der Waals surface area contributed by atoms with Crippen molar-refractivity contribution in [3.05, 3.63) is 29.6 Å². The van der Waals surface area contributed by atoms with E-state index in [1.807, 2.05) is 0 Å². The Kier molecular flexibility index (Phi) is 1.85. The Morgan fingerprint density at radius 3 is 2.45 bits per heavy atom. The maximum atomic E-state index is 11.9. The van der Waals surface area contributed by atoms with Gasteiger partial charge in [-0.1, -0.05) is 0 Å². The number of nitrogens with zero attached hydrogens (tertiary/aromatic N) is 1. The van der Waals surface area contributed by atoms with E-state index in [4.69, 9.17) is 0 Å². The monoisotopic (exact) mass is 160 g/mol. The molecule has 0 aliphatic carbocycles. The molecule has 0 N–H and O–H groups in total. The van der Waals surface area contributed by atoms with Crippen molar-refractivity contribution in [3.8, 4) is 0 Å². The first kappa shape index (κ1) is 8.04. The second-order valence-electron chi connectivity index (χ2n) is 2.11. The third kappa shape index (κ3) is 1.93. The van der Waals surface area contributed by atoms with Crippen LogP contribution in [0.1, 0.15) is 11.3 Å². The minimum atomic E-state index is -4.35. The van der Waals surface area contributed by atoms with Crippen LogP contribution >= 0.6 is 0 Å². The van der Waals surface area contributed by atoms with E-state index in [-0.39, 0.29) is 0 Å². The van der Waals surface area contributed by atoms with Crippen molar-refractivity contribution >= 4 is 0 Å². The van der Waals surface area contributed by atoms with Crippen LogP contribution in [0.4, 0.5) is 13.2 Å². The van der Waals surface area contributed by atoms with Gasteiger partial charge in [0.25, 0.3) is 0 Å². The molecule has 0 fully saturated rings. The quantitative estimate of drug-likeness (QED) is 0.567. The summed E-state index contributed by atoms with van der Waals surface area (Å²) in [6, 6.07) is 3.49. The lowest BCUT2D eigenvalue weighted by Gasteiger charge is -2.04. The molecule has 0 amide bonds. The molecule has 1 nitrogen and oxygen atoms in total. The summed E-state index contributed by atoms with van der Waals surface area (Å²) in [5.74, 6) is 0. The Morgan fingerprint density at radius 2 is 2.09 bits per heavy atom. The number of hydrogen-bond donors (Lipinski definition) is 0. The summed E-state index contributed by atoms with van der Waals surface area (Å²) in [6.45, 7) is 1.54. The first-order valence-electron chi connectivity index (χ1n) is 2.91. The zero-order valence-electron chi connectivity index (χ0n) is 5.74. The summed E-state index contributed by atoms with van der Waals surface area (Å²) in [6.07, 6.45) is -3.32. The molecule has 0 bridgehead atoms. The lowest BCUT2D eigenvalue weighted by molar-refractivity contribution is -0.141. The Balaban J connectivity index is 3.06. The zero-order chi connectivity index (χ0) is 8.48. The smallest absolute Gasteiger partial charge is 0.251 e. The highest BCUT2D eigenvalue weighted by Crippen LogP contribution is 2.27. The van der Waals surface area contributed by atoms with Gasteiger partial charge in [0, 0.05) is 12.3 Å². The van der Waals surface area contributed by atoms with Gasteiger partial charge < -0.3 is 0 Å². The summed E-state index contributed by atoms with van der Waals surface area (Å²) in [5.41, 5.74) is -0.430. The van der Waals surface area contributed by atoms with Gasteiger partial charge in [-0.3, -0.25) is 4.98 Å². The third-order valence-corrected chi connectivity index (χ3v) is 1.14. The molecule has 11 heavy (non-hydrogen) atoms. The number of aromatic nitrogens is 1. The number of hydrogen-bond acceptors (Lipinski definition) is 1. The minimum absolute atomic E-state index is 0.437. The van der Waals surface area contributed by atoms with Crippen molar-refractivity contribution in [1.29, 1.82) is 0 Å². The normalized spacial score (nSPS) is 11.6. The molecule has 0 spiro atoms. The average Bonchev–Trinajstić information content (AvgIpc) is 1.86. The van der Waals surface area contributed by atoms with E-state index in [1.54, 1.807) is 0 Å². The van der Waals surface area contributed by atoms with Crippen LogP contribution in [0.15, 0.2) is 12.3 Å². The van der Waals surface area contributed by atoms with Gasteiger partial charge in [0.15, 0.2) is 0 Å². The number of alkyl halides is 3. The van der Waals surface area contributed by atoms with Crippen LogP contribution in [0.25, 0.3) is 0 Å². The van der Waals surface area contributed by atoms with Crippen molar-refractivity contribution in [2.24, 2.45) is 0 Å². The molecule has 0 saturated heterocycles. The molecule has 1 heterocycles. The standard InChI is InChI=1S/C7H5F3N/c1-5-2-3-11-6(4-5)7(8,9)10/h3-4H,1H3. The second-order valence-corrected chi connectivity index (χ2v) is 2.11. The average molecular weight is 160 g/mol. The van der Waals surface area contributed by atoms with Gasteiger partial charge in [-0.25, -0.2) is 0 Å². The second kappa shape index (κ2) is 2.53. The number of halogens is 3. The van der Waals surface area contributed by atoms with Gasteiger partial charge in [0.2, 0.25) is 0 Å². The van der Waals surface area contributed by atoms with Crippen LogP contribution in [0.5, 0.6) is 0 Å². The fourth-order valence-electron chi connectivity index (χ4n) is 0.643. The molecule has 0 unspecified atom stereocenters. The predicted octanol–water partition coefficient (Wildman–Crippen LogP) is 2.21. The fraction of sp³-hybridized carbons (Fsp3) is 0.286. The van der Waals surface area contributed by atoms with E-state index in [2.05, 4.69) is 11.1 Å². The minimum Gasteiger partial charge on any atom is -0.251 e. The molecule has 0 aromatic carbocycles. The Hall–Kier alpha value is -1.06. The zero-order valence-corrected chi connectivity index (χ0v) is 5.74. The molecular formula is C7H5F3N. The lowest BCUT2D eigenvalue weighted by Crippen LogP contribution is -2.07. The van der Waals surface area contributed by atoms with Crippen molar-refractivity contribution in [2.75, 3.05) is 0 Å².